The lowest BCUT2D eigenvalue weighted by Gasteiger charge is -2.31. The fourth-order valence-electron chi connectivity index (χ4n) is 4.49. The molecule has 0 unspecified atom stereocenters. The van der Waals surface area contributed by atoms with Crippen LogP contribution >= 0.6 is 0 Å². The lowest BCUT2D eigenvalue weighted by Crippen LogP contribution is -2.58. The van der Waals surface area contributed by atoms with Crippen molar-refractivity contribution in [2.75, 3.05) is 6.54 Å². The van der Waals surface area contributed by atoms with Crippen molar-refractivity contribution in [3.8, 4) is 0 Å². The van der Waals surface area contributed by atoms with E-state index < -0.39 is 53.2 Å². The van der Waals surface area contributed by atoms with Crippen molar-refractivity contribution in [2.45, 2.75) is 124 Å². The summed E-state index contributed by atoms with van der Waals surface area (Å²) in [5.41, 5.74) is -0.527. The minimum absolute atomic E-state index is 0.00148. The van der Waals surface area contributed by atoms with Crippen LogP contribution in [0.1, 0.15) is 87.1 Å². The number of nitrogens with one attached hydrogen (secondary N) is 4. The first-order chi connectivity index (χ1) is 19.9. The Morgan fingerprint density at radius 1 is 0.860 bits per heavy atom. The first kappa shape index (κ1) is 37.8. The van der Waals surface area contributed by atoms with Crippen molar-refractivity contribution in [3.05, 3.63) is 35.9 Å². The van der Waals surface area contributed by atoms with Gasteiger partial charge < -0.3 is 36.2 Å². The van der Waals surface area contributed by atoms with Crippen molar-refractivity contribution >= 4 is 23.8 Å². The van der Waals surface area contributed by atoms with Gasteiger partial charge in [0.1, 0.15) is 11.6 Å². The molecule has 1 aromatic carbocycles. The van der Waals surface area contributed by atoms with Crippen molar-refractivity contribution in [1.82, 2.24) is 21.3 Å². The van der Waals surface area contributed by atoms with Gasteiger partial charge in [0.2, 0.25) is 17.7 Å². The van der Waals surface area contributed by atoms with Gasteiger partial charge in [-0.25, -0.2) is 4.79 Å². The summed E-state index contributed by atoms with van der Waals surface area (Å²) in [6, 6.07) is 6.96. The molecule has 11 nitrogen and oxygen atoms in total. The van der Waals surface area contributed by atoms with E-state index in [4.69, 9.17) is 4.74 Å². The number of aliphatic hydroxyl groups excluding tert-OH is 2. The molecule has 6 N–H and O–H groups in total. The highest BCUT2D eigenvalue weighted by molar-refractivity contribution is 5.87. The number of rotatable bonds is 15. The van der Waals surface area contributed by atoms with Crippen LogP contribution in [0.3, 0.4) is 0 Å². The molecule has 0 aromatic heterocycles. The normalized spacial score (nSPS) is 15.4. The second-order valence-electron chi connectivity index (χ2n) is 13.2. The molecule has 1 aromatic rings. The molecule has 0 bridgehead atoms. The van der Waals surface area contributed by atoms with Gasteiger partial charge in [-0.15, -0.1) is 0 Å². The smallest absolute Gasteiger partial charge is 0.408 e. The van der Waals surface area contributed by atoms with Crippen LogP contribution in [0.5, 0.6) is 0 Å². The molecular formula is C32H54N4O7. The van der Waals surface area contributed by atoms with Gasteiger partial charge in [0.05, 0.1) is 24.2 Å². The predicted octanol–water partition coefficient (Wildman–Crippen LogP) is 2.82. The lowest BCUT2D eigenvalue weighted by atomic mass is 9.78. The number of ether oxygens (including phenoxy) is 1. The Balaban J connectivity index is 3.07. The van der Waals surface area contributed by atoms with E-state index >= 15 is 0 Å². The van der Waals surface area contributed by atoms with Crippen LogP contribution in [0.4, 0.5) is 4.79 Å². The number of alkyl carbamates (subject to hydrolysis) is 1. The molecule has 0 radical (unpaired) electrons. The molecule has 43 heavy (non-hydrogen) atoms. The Hall–Kier alpha value is -3.18. The summed E-state index contributed by atoms with van der Waals surface area (Å²) in [6.07, 6.45) is -1.58. The summed E-state index contributed by atoms with van der Waals surface area (Å²) in [7, 11) is 0. The number of carbonyl (C=O) groups excluding carboxylic acids is 4. The highest BCUT2D eigenvalue weighted by Crippen LogP contribution is 2.29. The zero-order valence-corrected chi connectivity index (χ0v) is 27.3. The van der Waals surface area contributed by atoms with Crippen LogP contribution in [0, 0.1) is 11.3 Å². The highest BCUT2D eigenvalue weighted by Gasteiger charge is 2.35. The maximum Gasteiger partial charge on any atom is 0.408 e. The van der Waals surface area contributed by atoms with E-state index in [0.717, 1.165) is 18.4 Å². The molecule has 244 valence electrons. The zero-order valence-electron chi connectivity index (χ0n) is 27.3. The van der Waals surface area contributed by atoms with Gasteiger partial charge in [-0.05, 0) is 57.9 Å². The maximum atomic E-state index is 13.3. The zero-order chi connectivity index (χ0) is 33.0. The third kappa shape index (κ3) is 14.2. The average Bonchev–Trinajstić information content (AvgIpc) is 2.90. The summed E-state index contributed by atoms with van der Waals surface area (Å²) < 4.78 is 5.23. The average molecular weight is 607 g/mol. The summed E-state index contributed by atoms with van der Waals surface area (Å²) in [5.74, 6) is -1.98. The Morgan fingerprint density at radius 3 is 1.93 bits per heavy atom. The molecule has 11 heteroatoms. The lowest BCUT2D eigenvalue weighted by molar-refractivity contribution is -0.134. The SMILES string of the molecule is CCC(CC)NC(=O)C[C@@H](C(=O)NC[C@@H](O)[C@H](Cc1ccccc1)NC(=O)[C@@H](NC(=O)OC(C)(C)C)[C@@H](C)O)C(C)(C)C. The quantitative estimate of drug-likeness (QED) is 0.179. The number of carbonyl (C=O) groups is 4. The van der Waals surface area contributed by atoms with Gasteiger partial charge in [0.25, 0.3) is 0 Å². The summed E-state index contributed by atoms with van der Waals surface area (Å²) in [5, 5.41) is 32.3. The highest BCUT2D eigenvalue weighted by atomic mass is 16.6. The molecular weight excluding hydrogens is 552 g/mol. The van der Waals surface area contributed by atoms with Gasteiger partial charge in [-0.1, -0.05) is 65.0 Å². The first-order valence-corrected chi connectivity index (χ1v) is 15.1. The van der Waals surface area contributed by atoms with E-state index in [1.807, 2.05) is 65.0 Å². The van der Waals surface area contributed by atoms with Gasteiger partial charge in [0.15, 0.2) is 0 Å². The molecule has 1 rings (SSSR count). The largest absolute Gasteiger partial charge is 0.444 e. The first-order valence-electron chi connectivity index (χ1n) is 15.1. The Labute approximate surface area is 256 Å². The second-order valence-corrected chi connectivity index (χ2v) is 13.2. The minimum atomic E-state index is -1.35. The van der Waals surface area contributed by atoms with Crippen LogP contribution in [0.25, 0.3) is 0 Å². The Bertz CT molecular complexity index is 1030. The molecule has 0 aliphatic carbocycles. The third-order valence-corrected chi connectivity index (χ3v) is 7.12. The standard InChI is InChI=1S/C32H54N4O7/c1-10-22(11-2)34-26(39)18-23(31(4,5)6)28(40)33-19-25(38)24(17-21-15-13-12-14-16-21)35-29(41)27(20(3)37)36-30(42)43-32(7,8)9/h12-16,20,22-25,27,37-38H,10-11,17-19H2,1-9H3,(H,33,40)(H,34,39)(H,35,41)(H,36,42)/t20-,23+,24+,25-,27+/m1/s1. The molecule has 0 saturated carbocycles. The maximum absolute atomic E-state index is 13.3. The van der Waals surface area contributed by atoms with Gasteiger partial charge in [0, 0.05) is 19.0 Å². The van der Waals surface area contributed by atoms with Crippen molar-refractivity contribution in [1.29, 1.82) is 0 Å². The molecule has 4 amide bonds. The second kappa shape index (κ2) is 17.2. The molecule has 0 aliphatic rings. The van der Waals surface area contributed by atoms with E-state index in [-0.39, 0.29) is 37.2 Å². The number of amides is 4. The number of hydrogen-bond donors (Lipinski definition) is 6. The van der Waals surface area contributed by atoms with Crippen LogP contribution < -0.4 is 21.3 Å². The number of aliphatic hydroxyl groups is 2. The number of benzene rings is 1. The van der Waals surface area contributed by atoms with E-state index in [2.05, 4.69) is 21.3 Å². The molecule has 0 heterocycles. The van der Waals surface area contributed by atoms with Gasteiger partial charge in [-0.3, -0.25) is 14.4 Å². The molecule has 5 atom stereocenters. The van der Waals surface area contributed by atoms with Crippen molar-refractivity contribution in [2.24, 2.45) is 11.3 Å². The van der Waals surface area contributed by atoms with Gasteiger partial charge in [-0.2, -0.15) is 0 Å². The van der Waals surface area contributed by atoms with E-state index in [1.54, 1.807) is 20.8 Å². The van der Waals surface area contributed by atoms with Crippen molar-refractivity contribution < 1.29 is 34.1 Å². The number of hydrogen-bond acceptors (Lipinski definition) is 7. The molecule has 0 spiro atoms. The van der Waals surface area contributed by atoms with Crippen LogP contribution in [0.2, 0.25) is 0 Å². The molecule has 0 fully saturated rings. The Morgan fingerprint density at radius 2 is 1.44 bits per heavy atom. The fraction of sp³-hybridized carbons (Fsp3) is 0.688. The predicted molar refractivity (Wildman–Crippen MR) is 166 cm³/mol. The minimum Gasteiger partial charge on any atom is -0.444 e. The Kier molecular flexibility index (Phi) is 15.1. The third-order valence-electron chi connectivity index (χ3n) is 7.12. The van der Waals surface area contributed by atoms with E-state index in [0.29, 0.717) is 0 Å². The monoisotopic (exact) mass is 606 g/mol. The summed E-state index contributed by atoms with van der Waals surface area (Å²) >= 11 is 0. The summed E-state index contributed by atoms with van der Waals surface area (Å²) in [6.45, 7) is 15.8. The fourth-order valence-corrected chi connectivity index (χ4v) is 4.49. The van der Waals surface area contributed by atoms with Crippen LogP contribution in [-0.2, 0) is 25.5 Å². The van der Waals surface area contributed by atoms with Crippen LogP contribution in [0.15, 0.2) is 30.3 Å². The molecule has 0 aliphatic heterocycles. The van der Waals surface area contributed by atoms with E-state index in [1.165, 1.54) is 6.92 Å². The van der Waals surface area contributed by atoms with E-state index in [9.17, 15) is 29.4 Å². The van der Waals surface area contributed by atoms with Crippen LogP contribution in [-0.4, -0.2) is 76.5 Å². The molecule has 0 saturated heterocycles. The summed E-state index contributed by atoms with van der Waals surface area (Å²) in [4.78, 5) is 51.6. The van der Waals surface area contributed by atoms with Crippen molar-refractivity contribution in [3.63, 3.8) is 0 Å². The van der Waals surface area contributed by atoms with Gasteiger partial charge >= 0.3 is 6.09 Å². The topological polar surface area (TPSA) is 166 Å².